The SMILES string of the molecule is COC(=O)Cc1ccc(NC(=O)[C@@H]2CC[C@H](CN)O2)cc1.Cl. The van der Waals surface area contributed by atoms with Crippen LogP contribution in [-0.2, 0) is 25.5 Å². The number of ether oxygens (including phenoxy) is 2. The van der Waals surface area contributed by atoms with E-state index in [-0.39, 0.29) is 36.8 Å². The highest BCUT2D eigenvalue weighted by atomic mass is 35.5. The third-order valence-corrected chi connectivity index (χ3v) is 3.46. The van der Waals surface area contributed by atoms with Gasteiger partial charge in [0.1, 0.15) is 6.10 Å². The second kappa shape index (κ2) is 8.73. The van der Waals surface area contributed by atoms with Crippen molar-refractivity contribution in [1.29, 1.82) is 0 Å². The van der Waals surface area contributed by atoms with Crippen molar-refractivity contribution in [1.82, 2.24) is 0 Å². The topological polar surface area (TPSA) is 90.7 Å². The number of carbonyl (C=O) groups excluding carboxylic acids is 2. The minimum absolute atomic E-state index is 0. The minimum Gasteiger partial charge on any atom is -0.469 e. The molecule has 1 heterocycles. The smallest absolute Gasteiger partial charge is 0.309 e. The molecule has 6 nitrogen and oxygen atoms in total. The average molecular weight is 329 g/mol. The number of hydrogen-bond donors (Lipinski definition) is 2. The summed E-state index contributed by atoms with van der Waals surface area (Å²) in [4.78, 5) is 23.2. The van der Waals surface area contributed by atoms with Crippen LogP contribution in [0.3, 0.4) is 0 Å². The van der Waals surface area contributed by atoms with Gasteiger partial charge in [0.2, 0.25) is 0 Å². The quantitative estimate of drug-likeness (QED) is 0.794. The van der Waals surface area contributed by atoms with Gasteiger partial charge in [-0.1, -0.05) is 12.1 Å². The fourth-order valence-corrected chi connectivity index (χ4v) is 2.24. The molecule has 0 aliphatic carbocycles. The summed E-state index contributed by atoms with van der Waals surface area (Å²) in [6, 6.07) is 7.08. The van der Waals surface area contributed by atoms with Gasteiger partial charge in [-0.25, -0.2) is 0 Å². The number of hydrogen-bond acceptors (Lipinski definition) is 5. The van der Waals surface area contributed by atoms with Crippen molar-refractivity contribution < 1.29 is 19.1 Å². The van der Waals surface area contributed by atoms with Gasteiger partial charge in [0.05, 0.1) is 19.6 Å². The van der Waals surface area contributed by atoms with E-state index < -0.39 is 6.10 Å². The maximum atomic E-state index is 12.0. The Kier molecular flexibility index (Phi) is 7.31. The van der Waals surface area contributed by atoms with Gasteiger partial charge in [-0.2, -0.15) is 0 Å². The molecule has 1 aromatic rings. The molecule has 0 saturated carbocycles. The molecule has 122 valence electrons. The molecule has 1 aliphatic heterocycles. The Bertz CT molecular complexity index is 507. The number of rotatable bonds is 5. The second-order valence-electron chi connectivity index (χ2n) is 5.00. The number of nitrogens with one attached hydrogen (secondary N) is 1. The van der Waals surface area contributed by atoms with Gasteiger partial charge >= 0.3 is 5.97 Å². The molecule has 0 aromatic heterocycles. The molecule has 1 saturated heterocycles. The van der Waals surface area contributed by atoms with E-state index in [1.54, 1.807) is 24.3 Å². The fourth-order valence-electron chi connectivity index (χ4n) is 2.24. The van der Waals surface area contributed by atoms with Gasteiger partial charge < -0.3 is 20.5 Å². The van der Waals surface area contributed by atoms with Crippen molar-refractivity contribution in [2.24, 2.45) is 5.73 Å². The third kappa shape index (κ3) is 4.98. The van der Waals surface area contributed by atoms with Gasteiger partial charge in [0.15, 0.2) is 0 Å². The van der Waals surface area contributed by atoms with Crippen LogP contribution in [0.1, 0.15) is 18.4 Å². The number of halogens is 1. The Morgan fingerprint density at radius 2 is 2.00 bits per heavy atom. The van der Waals surface area contributed by atoms with Crippen molar-refractivity contribution in [3.05, 3.63) is 29.8 Å². The highest BCUT2D eigenvalue weighted by Crippen LogP contribution is 2.20. The Morgan fingerprint density at radius 1 is 1.32 bits per heavy atom. The predicted octanol–water partition coefficient (Wildman–Crippen LogP) is 1.27. The zero-order valence-corrected chi connectivity index (χ0v) is 13.2. The number of anilines is 1. The van der Waals surface area contributed by atoms with Gasteiger partial charge in [-0.15, -0.1) is 12.4 Å². The van der Waals surface area contributed by atoms with E-state index in [0.29, 0.717) is 18.7 Å². The zero-order chi connectivity index (χ0) is 15.2. The van der Waals surface area contributed by atoms with Crippen LogP contribution in [0.2, 0.25) is 0 Å². The average Bonchev–Trinajstić information content (AvgIpc) is 2.98. The largest absolute Gasteiger partial charge is 0.469 e. The van der Waals surface area contributed by atoms with Crippen molar-refractivity contribution >= 4 is 30.0 Å². The van der Waals surface area contributed by atoms with E-state index in [2.05, 4.69) is 10.1 Å². The van der Waals surface area contributed by atoms with Crippen molar-refractivity contribution in [2.45, 2.75) is 31.5 Å². The molecule has 1 fully saturated rings. The van der Waals surface area contributed by atoms with Crippen LogP contribution < -0.4 is 11.1 Å². The van der Waals surface area contributed by atoms with Crippen LogP contribution in [0.5, 0.6) is 0 Å². The van der Waals surface area contributed by atoms with E-state index in [9.17, 15) is 9.59 Å². The first kappa shape index (κ1) is 18.4. The fraction of sp³-hybridized carbons (Fsp3) is 0.467. The van der Waals surface area contributed by atoms with Crippen molar-refractivity contribution in [3.8, 4) is 0 Å². The molecule has 0 spiro atoms. The zero-order valence-electron chi connectivity index (χ0n) is 12.4. The molecular formula is C15H21ClN2O4. The normalized spacial score (nSPS) is 20.1. The molecule has 0 unspecified atom stereocenters. The Hall–Kier alpha value is -1.63. The molecular weight excluding hydrogens is 308 g/mol. The Morgan fingerprint density at radius 3 is 2.55 bits per heavy atom. The molecule has 0 radical (unpaired) electrons. The summed E-state index contributed by atoms with van der Waals surface area (Å²) in [5, 5.41) is 2.80. The number of carbonyl (C=O) groups is 2. The molecule has 1 amide bonds. The predicted molar refractivity (Wildman–Crippen MR) is 85.0 cm³/mol. The van der Waals surface area contributed by atoms with Gasteiger partial charge in [-0.05, 0) is 30.5 Å². The van der Waals surface area contributed by atoms with Crippen LogP contribution in [0.25, 0.3) is 0 Å². The Labute approximate surface area is 135 Å². The number of benzene rings is 1. The van der Waals surface area contributed by atoms with Crippen molar-refractivity contribution in [3.63, 3.8) is 0 Å². The molecule has 7 heteroatoms. The highest BCUT2D eigenvalue weighted by Gasteiger charge is 2.29. The minimum atomic E-state index is -0.437. The summed E-state index contributed by atoms with van der Waals surface area (Å²) >= 11 is 0. The van der Waals surface area contributed by atoms with Crippen LogP contribution in [0.4, 0.5) is 5.69 Å². The first-order valence-electron chi connectivity index (χ1n) is 6.94. The van der Waals surface area contributed by atoms with E-state index >= 15 is 0 Å². The Balaban J connectivity index is 0.00000242. The lowest BCUT2D eigenvalue weighted by molar-refractivity contribution is -0.139. The number of nitrogens with two attached hydrogens (primary N) is 1. The van der Waals surface area contributed by atoms with E-state index in [0.717, 1.165) is 12.0 Å². The number of methoxy groups -OCH3 is 1. The maximum Gasteiger partial charge on any atom is 0.309 e. The summed E-state index contributed by atoms with van der Waals surface area (Å²) in [5.74, 6) is -0.453. The number of amides is 1. The lowest BCUT2D eigenvalue weighted by atomic mass is 10.1. The molecule has 3 N–H and O–H groups in total. The summed E-state index contributed by atoms with van der Waals surface area (Å²) in [6.45, 7) is 0.437. The first-order chi connectivity index (χ1) is 10.1. The molecule has 22 heavy (non-hydrogen) atoms. The molecule has 0 bridgehead atoms. The summed E-state index contributed by atoms with van der Waals surface area (Å²) < 4.78 is 10.1. The second-order valence-corrected chi connectivity index (χ2v) is 5.00. The highest BCUT2D eigenvalue weighted by molar-refractivity contribution is 5.94. The maximum absolute atomic E-state index is 12.0. The third-order valence-electron chi connectivity index (χ3n) is 3.46. The van der Waals surface area contributed by atoms with Gasteiger partial charge in [0, 0.05) is 12.2 Å². The summed E-state index contributed by atoms with van der Waals surface area (Å²) in [7, 11) is 1.35. The van der Waals surface area contributed by atoms with Crippen LogP contribution in [0.15, 0.2) is 24.3 Å². The summed E-state index contributed by atoms with van der Waals surface area (Å²) in [5.41, 5.74) is 7.03. The lowest BCUT2D eigenvalue weighted by Crippen LogP contribution is -2.29. The molecule has 1 aromatic carbocycles. The standard InChI is InChI=1S/C15H20N2O4.ClH/c1-20-14(18)8-10-2-4-11(5-3-10)17-15(19)13-7-6-12(9-16)21-13;/h2-5,12-13H,6-9,16H2,1H3,(H,17,19);1H/t12-,13+;/m1./s1. The van der Waals surface area contributed by atoms with E-state index in [1.165, 1.54) is 7.11 Å². The van der Waals surface area contributed by atoms with E-state index in [4.69, 9.17) is 10.5 Å². The van der Waals surface area contributed by atoms with Gasteiger partial charge in [0.25, 0.3) is 5.91 Å². The van der Waals surface area contributed by atoms with Crippen molar-refractivity contribution in [2.75, 3.05) is 19.0 Å². The first-order valence-corrected chi connectivity index (χ1v) is 6.94. The van der Waals surface area contributed by atoms with Crippen LogP contribution >= 0.6 is 12.4 Å². The van der Waals surface area contributed by atoms with Crippen LogP contribution in [0, 0.1) is 0 Å². The monoisotopic (exact) mass is 328 g/mol. The lowest BCUT2D eigenvalue weighted by Gasteiger charge is -2.13. The van der Waals surface area contributed by atoms with Gasteiger partial charge in [-0.3, -0.25) is 9.59 Å². The van der Waals surface area contributed by atoms with Crippen LogP contribution in [-0.4, -0.2) is 37.7 Å². The molecule has 2 rings (SSSR count). The van der Waals surface area contributed by atoms with E-state index in [1.807, 2.05) is 0 Å². The number of esters is 1. The molecule has 2 atom stereocenters. The summed E-state index contributed by atoms with van der Waals surface area (Å²) in [6.07, 6.45) is 1.26. The molecule has 1 aliphatic rings.